The highest BCUT2D eigenvalue weighted by molar-refractivity contribution is 7.85. The van der Waals surface area contributed by atoms with Gasteiger partial charge in [-0.3, -0.25) is 9.08 Å². The van der Waals surface area contributed by atoms with Gasteiger partial charge in [-0.15, -0.1) is 0 Å². The lowest BCUT2D eigenvalue weighted by Gasteiger charge is -2.44. The van der Waals surface area contributed by atoms with Crippen molar-refractivity contribution in [3.05, 3.63) is 47.5 Å². The van der Waals surface area contributed by atoms with E-state index in [1.54, 1.807) is 17.0 Å². The van der Waals surface area contributed by atoms with Crippen molar-refractivity contribution in [2.24, 2.45) is 11.3 Å². The Kier molecular flexibility index (Phi) is 8.75. The number of ether oxygens (including phenoxy) is 1. The van der Waals surface area contributed by atoms with E-state index in [0.717, 1.165) is 17.0 Å². The molecule has 8 nitrogen and oxygen atoms in total. The molecule has 0 aromatic heterocycles. The van der Waals surface area contributed by atoms with Crippen LogP contribution in [0.15, 0.2) is 36.4 Å². The maximum atomic E-state index is 13.6. The van der Waals surface area contributed by atoms with E-state index in [0.29, 0.717) is 24.1 Å². The number of carbonyl (C=O) groups is 1. The topological polar surface area (TPSA) is 102 Å². The summed E-state index contributed by atoms with van der Waals surface area (Å²) in [4.78, 5) is 15.2. The second-order valence-electron chi connectivity index (χ2n) is 12.6. The summed E-state index contributed by atoms with van der Waals surface area (Å²) in [5.74, 6) is 0.0612. The van der Waals surface area contributed by atoms with Gasteiger partial charge in [0, 0.05) is 13.0 Å². The predicted octanol–water partition coefficient (Wildman–Crippen LogP) is 5.35. The minimum Gasteiger partial charge on any atom is -0.444 e. The summed E-state index contributed by atoms with van der Waals surface area (Å²) in [7, 11) is -5.41. The summed E-state index contributed by atoms with van der Waals surface area (Å²) in [5.41, 5.74) is -0.886. The number of nitrogens with zero attached hydrogens (tertiary/aromatic N) is 1. The van der Waals surface area contributed by atoms with Crippen molar-refractivity contribution < 1.29 is 31.7 Å². The SMILES string of the molecule is C[SiH](C)O[C@]1(C(O)c2ccc(COS(C)(=O)=O)c3ccccc23)C[C@H](C(C)(C)C)CN1C(=O)OC(C)(C)C. The van der Waals surface area contributed by atoms with Gasteiger partial charge in [-0.25, -0.2) is 4.79 Å². The highest BCUT2D eigenvalue weighted by Crippen LogP contribution is 2.50. The Hall–Kier alpha value is -1.98. The second kappa shape index (κ2) is 10.9. The first-order valence-corrected chi connectivity index (χ1v) is 17.7. The zero-order valence-electron chi connectivity index (χ0n) is 24.1. The summed E-state index contributed by atoms with van der Waals surface area (Å²) in [6.07, 6.45) is -0.219. The molecule has 212 valence electrons. The van der Waals surface area contributed by atoms with E-state index in [2.05, 4.69) is 20.8 Å². The number of aliphatic hydroxyl groups excluding tert-OH is 1. The molecule has 0 spiro atoms. The lowest BCUT2D eigenvalue weighted by Crippen LogP contribution is -2.56. The van der Waals surface area contributed by atoms with Gasteiger partial charge in [0.2, 0.25) is 0 Å². The third kappa shape index (κ3) is 6.96. The number of amides is 1. The van der Waals surface area contributed by atoms with Crippen LogP contribution in [0.1, 0.15) is 65.2 Å². The minimum absolute atomic E-state index is 0.0612. The third-order valence-corrected chi connectivity index (χ3v) is 8.30. The number of hydrogen-bond donors (Lipinski definition) is 1. The van der Waals surface area contributed by atoms with Crippen molar-refractivity contribution in [2.45, 2.75) is 85.1 Å². The van der Waals surface area contributed by atoms with E-state index in [9.17, 15) is 18.3 Å². The molecule has 1 heterocycles. The van der Waals surface area contributed by atoms with Gasteiger partial charge in [-0.2, -0.15) is 8.42 Å². The Balaban J connectivity index is 2.18. The van der Waals surface area contributed by atoms with Crippen LogP contribution in [-0.4, -0.2) is 57.7 Å². The Morgan fingerprint density at radius 3 is 2.24 bits per heavy atom. The van der Waals surface area contributed by atoms with Gasteiger partial charge in [-0.1, -0.05) is 57.2 Å². The first kappa shape index (κ1) is 30.6. The smallest absolute Gasteiger partial charge is 0.412 e. The molecule has 0 radical (unpaired) electrons. The summed E-state index contributed by atoms with van der Waals surface area (Å²) in [6, 6.07) is 11.0. The number of benzene rings is 2. The van der Waals surface area contributed by atoms with Crippen molar-refractivity contribution in [3.63, 3.8) is 0 Å². The number of carbonyl (C=O) groups excluding carboxylic acids is 1. The number of likely N-dealkylation sites (tertiary alicyclic amines) is 1. The maximum Gasteiger partial charge on any atom is 0.412 e. The summed E-state index contributed by atoms with van der Waals surface area (Å²) < 4.78 is 40.8. The zero-order chi connectivity index (χ0) is 28.7. The quantitative estimate of drug-likeness (QED) is 0.357. The van der Waals surface area contributed by atoms with E-state index >= 15 is 0 Å². The van der Waals surface area contributed by atoms with Gasteiger partial charge in [0.1, 0.15) is 11.7 Å². The van der Waals surface area contributed by atoms with Crippen LogP contribution in [0.25, 0.3) is 10.8 Å². The number of aliphatic hydroxyl groups is 1. The summed E-state index contributed by atoms with van der Waals surface area (Å²) >= 11 is 0. The van der Waals surface area contributed by atoms with Gasteiger partial charge in [-0.05, 0) is 67.1 Å². The Labute approximate surface area is 229 Å². The molecule has 3 rings (SSSR count). The van der Waals surface area contributed by atoms with E-state index in [4.69, 9.17) is 13.3 Å². The van der Waals surface area contributed by atoms with Gasteiger partial charge in [0.05, 0.1) is 12.9 Å². The Morgan fingerprint density at radius 2 is 1.71 bits per heavy atom. The van der Waals surface area contributed by atoms with Crippen LogP contribution >= 0.6 is 0 Å². The molecule has 2 aromatic carbocycles. The molecule has 0 aliphatic carbocycles. The van der Waals surface area contributed by atoms with Crippen LogP contribution in [0, 0.1) is 11.3 Å². The molecule has 1 fully saturated rings. The monoisotopic (exact) mass is 565 g/mol. The molecule has 3 atom stereocenters. The minimum atomic E-state index is -3.63. The van der Waals surface area contributed by atoms with E-state index in [1.807, 2.05) is 58.1 Å². The van der Waals surface area contributed by atoms with Crippen molar-refractivity contribution in [1.82, 2.24) is 4.90 Å². The molecule has 1 amide bonds. The maximum absolute atomic E-state index is 13.6. The van der Waals surface area contributed by atoms with Gasteiger partial charge in [0.25, 0.3) is 10.1 Å². The average Bonchev–Trinajstić information content (AvgIpc) is 3.16. The van der Waals surface area contributed by atoms with Crippen LogP contribution < -0.4 is 0 Å². The van der Waals surface area contributed by atoms with Gasteiger partial charge in [0.15, 0.2) is 14.8 Å². The van der Waals surface area contributed by atoms with Crippen molar-refractivity contribution in [2.75, 3.05) is 12.8 Å². The molecule has 1 saturated heterocycles. The van der Waals surface area contributed by atoms with E-state index < -0.39 is 42.7 Å². The molecular weight excluding hydrogens is 522 g/mol. The molecule has 1 aliphatic heterocycles. The third-order valence-electron chi connectivity index (χ3n) is 6.88. The molecule has 0 bridgehead atoms. The molecule has 1 unspecified atom stereocenters. The molecule has 2 aromatic rings. The lowest BCUT2D eigenvalue weighted by molar-refractivity contribution is -0.140. The van der Waals surface area contributed by atoms with Gasteiger partial charge >= 0.3 is 6.09 Å². The van der Waals surface area contributed by atoms with Crippen LogP contribution in [0.2, 0.25) is 13.1 Å². The molecular formula is C28H43NO7SSi. The Bertz CT molecular complexity index is 1270. The second-order valence-corrected chi connectivity index (χ2v) is 16.6. The van der Waals surface area contributed by atoms with Crippen molar-refractivity contribution in [1.29, 1.82) is 0 Å². The fraction of sp³-hybridized carbons (Fsp3) is 0.607. The molecule has 10 heteroatoms. The van der Waals surface area contributed by atoms with Crippen molar-refractivity contribution in [3.8, 4) is 0 Å². The fourth-order valence-corrected chi connectivity index (χ4v) is 6.54. The fourth-order valence-electron chi connectivity index (χ4n) is 5.04. The largest absolute Gasteiger partial charge is 0.444 e. The molecule has 0 saturated carbocycles. The molecule has 1 aliphatic rings. The first-order chi connectivity index (χ1) is 17.3. The average molecular weight is 566 g/mol. The van der Waals surface area contributed by atoms with Gasteiger partial charge < -0.3 is 14.3 Å². The molecule has 38 heavy (non-hydrogen) atoms. The first-order valence-electron chi connectivity index (χ1n) is 13.1. The van der Waals surface area contributed by atoms with Crippen LogP contribution in [0.3, 0.4) is 0 Å². The predicted molar refractivity (Wildman–Crippen MR) is 152 cm³/mol. The highest BCUT2D eigenvalue weighted by Gasteiger charge is 2.57. The normalized spacial score (nSPS) is 21.8. The van der Waals surface area contributed by atoms with Crippen LogP contribution in [0.4, 0.5) is 4.79 Å². The lowest BCUT2D eigenvalue weighted by atomic mass is 9.77. The number of fused-ring (bicyclic) bond motifs is 1. The summed E-state index contributed by atoms with van der Waals surface area (Å²) in [6.45, 7) is 16.2. The standard InChI is InChI=1S/C28H43NO7SSi/c1-26(2,3)20-16-28(36-38(8)9,29(17-20)25(31)35-27(4,5)6)24(30)23-15-14-19(18-34-37(7,32)33)21-12-10-11-13-22(21)23/h10-15,20,24,30,38H,16-18H2,1-9H3/t20-,24?,28-/m0/s1. The number of hydrogen-bond acceptors (Lipinski definition) is 7. The van der Waals surface area contributed by atoms with E-state index in [1.165, 1.54) is 0 Å². The van der Waals surface area contributed by atoms with Crippen LogP contribution in [0.5, 0.6) is 0 Å². The molecule has 1 N–H and O–H groups in total. The highest BCUT2D eigenvalue weighted by atomic mass is 32.2. The van der Waals surface area contributed by atoms with E-state index in [-0.39, 0.29) is 17.9 Å². The summed E-state index contributed by atoms with van der Waals surface area (Å²) in [5, 5.41) is 13.7. The van der Waals surface area contributed by atoms with Crippen LogP contribution in [-0.2, 0) is 30.1 Å². The Morgan fingerprint density at radius 1 is 1.11 bits per heavy atom. The zero-order valence-corrected chi connectivity index (χ0v) is 26.0. The number of rotatable bonds is 7. The van der Waals surface area contributed by atoms with Crippen molar-refractivity contribution >= 4 is 36.0 Å².